The van der Waals surface area contributed by atoms with Crippen LogP contribution < -0.4 is 25.0 Å². The molecule has 0 spiro atoms. The predicted molar refractivity (Wildman–Crippen MR) is 302 cm³/mol. The number of carbonyl (C=O) groups excluding carboxylic acids is 2. The summed E-state index contributed by atoms with van der Waals surface area (Å²) in [5.41, 5.74) is 7.09. The molecule has 2 bridgehead atoms. The lowest BCUT2D eigenvalue weighted by molar-refractivity contribution is -0.142. The Morgan fingerprint density at radius 3 is 2.43 bits per heavy atom. The Kier molecular flexibility index (Phi) is 15.0. The van der Waals surface area contributed by atoms with Gasteiger partial charge in [0.15, 0.2) is 5.75 Å². The number of aliphatic hydroxyl groups is 2. The number of ether oxygens (including phenoxy) is 3. The van der Waals surface area contributed by atoms with Crippen LogP contribution in [0.4, 0.5) is 14.6 Å². The van der Waals surface area contributed by atoms with E-state index in [2.05, 4.69) is 47.2 Å². The minimum atomic E-state index is -1.00. The minimum Gasteiger partial charge on any atom is -0.486 e. The van der Waals surface area contributed by atoms with Gasteiger partial charge >= 0.3 is 6.01 Å². The highest BCUT2D eigenvalue weighted by molar-refractivity contribution is 6.06. The first kappa shape index (κ1) is 54.7. The van der Waals surface area contributed by atoms with E-state index in [-0.39, 0.29) is 79.2 Å². The van der Waals surface area contributed by atoms with Gasteiger partial charge in [-0.05, 0) is 91.8 Å². The topological polar surface area (TPSA) is 236 Å². The number of aryl methyl sites for hydroxylation is 1. The molecule has 1 saturated carbocycles. The molecule has 428 valence electrons. The van der Waals surface area contributed by atoms with E-state index >= 15 is 8.78 Å². The number of nitrogens with one attached hydrogen (secondary N) is 3. The van der Waals surface area contributed by atoms with Crippen molar-refractivity contribution in [3.63, 3.8) is 0 Å². The third kappa shape index (κ3) is 10.3. The zero-order valence-corrected chi connectivity index (χ0v) is 46.6. The van der Waals surface area contributed by atoms with Crippen LogP contribution in [-0.4, -0.2) is 142 Å². The highest BCUT2D eigenvalue weighted by Gasteiger charge is 2.44. The Morgan fingerprint density at radius 1 is 0.951 bits per heavy atom. The summed E-state index contributed by atoms with van der Waals surface area (Å²) in [6.45, 7) is 11.3. The van der Waals surface area contributed by atoms with Crippen molar-refractivity contribution in [2.75, 3.05) is 44.9 Å². The quantitative estimate of drug-likeness (QED) is 0.0503. The maximum absolute atomic E-state index is 16.1. The molecule has 4 fully saturated rings. The first-order valence-corrected chi connectivity index (χ1v) is 28.2. The number of hydrogen-bond acceptors (Lipinski definition) is 15. The number of nitrogens with zero attached hydrogens (tertiary/aromatic N) is 10. The summed E-state index contributed by atoms with van der Waals surface area (Å²) in [6.07, 6.45) is 4.97. The molecule has 7 heterocycles. The molecule has 22 heteroatoms. The van der Waals surface area contributed by atoms with E-state index in [0.29, 0.717) is 57.6 Å². The lowest BCUT2D eigenvalue weighted by atomic mass is 9.88. The number of hydrogen-bond donors (Lipinski definition) is 5. The van der Waals surface area contributed by atoms with Gasteiger partial charge in [0.1, 0.15) is 48.1 Å². The zero-order valence-electron chi connectivity index (χ0n) is 46.6. The molecule has 7 atom stereocenters. The molecule has 4 aliphatic rings. The first-order valence-electron chi connectivity index (χ1n) is 28.2. The van der Waals surface area contributed by atoms with Gasteiger partial charge < -0.3 is 44.9 Å². The number of aromatic amines is 1. The summed E-state index contributed by atoms with van der Waals surface area (Å²) in [5.74, 6) is -1.30. The maximum atomic E-state index is 16.1. The van der Waals surface area contributed by atoms with Gasteiger partial charge in [-0.3, -0.25) is 19.4 Å². The molecule has 20 nitrogen and oxygen atoms in total. The number of aliphatic hydroxyl groups excluding tert-OH is 2. The van der Waals surface area contributed by atoms with Crippen molar-refractivity contribution in [1.29, 1.82) is 0 Å². The first-order chi connectivity index (χ1) is 39.7. The van der Waals surface area contributed by atoms with E-state index < -0.39 is 47.8 Å². The molecule has 5 N–H and O–H groups in total. The lowest BCUT2D eigenvalue weighted by Gasteiger charge is -2.30. The molecular formula is C60H67F2N13O7. The highest BCUT2D eigenvalue weighted by atomic mass is 19.1. The molecular weight excluding hydrogens is 1050 g/mol. The number of H-pyrrole nitrogens is 1. The second kappa shape index (κ2) is 22.4. The van der Waals surface area contributed by atoms with Crippen LogP contribution in [0.2, 0.25) is 0 Å². The Labute approximate surface area is 472 Å². The van der Waals surface area contributed by atoms with Gasteiger partial charge in [0.25, 0.3) is 0 Å². The largest absolute Gasteiger partial charge is 0.486 e. The van der Waals surface area contributed by atoms with Crippen molar-refractivity contribution in [3.8, 4) is 45.4 Å². The zero-order chi connectivity index (χ0) is 57.1. The number of β-amino-alcohol motifs (C(OH)–C–C–N with tert-alkyl or cyclic N) is 1. The molecule has 8 aromatic rings. The molecule has 82 heavy (non-hydrogen) atoms. The van der Waals surface area contributed by atoms with E-state index in [0.717, 1.165) is 60.1 Å². The number of amides is 2. The highest BCUT2D eigenvalue weighted by Crippen LogP contribution is 2.54. The van der Waals surface area contributed by atoms with Gasteiger partial charge in [-0.1, -0.05) is 67.6 Å². The van der Waals surface area contributed by atoms with Gasteiger partial charge in [-0.25, -0.2) is 9.07 Å². The van der Waals surface area contributed by atoms with Crippen molar-refractivity contribution < 1.29 is 42.8 Å². The normalized spacial score (nSPS) is 19.9. The number of aromatic nitrogens is 9. The standard InChI is InChI=1S/C60H67F2N13O7/c1-7-74-48(18-19-64-74)38-16-14-37(15-17-38)47(28-76)65-58(78)49-21-41(77)26-73(49)59(79)54(31(2)3)75-27-46(69-71-75)36-10-8-34(9-11-36)30-81-55-51(50-33(5)44(61)23-45-52(50)56(62)70-68-45)42(35-12-13-35)22-43-53(55)66-60(82-29-32(4)80-6)67-57(43)72-25-39-20-40(72)24-63-39/h8-11,14-19,22-23,27,31-32,35,39-41,47,49,54,63,76-77H,7,12-13,20-21,24-26,28-30H2,1-6H3,(H,65,78)(H,68,70)/t32-,39-,40-,41+,47-,49-,54-/m0/s1. The van der Waals surface area contributed by atoms with Crippen LogP contribution >= 0.6 is 0 Å². The number of rotatable bonds is 20. The maximum Gasteiger partial charge on any atom is 0.319 e. The Balaban J connectivity index is 0.826. The van der Waals surface area contributed by atoms with Crippen molar-refractivity contribution in [2.45, 2.75) is 122 Å². The summed E-state index contributed by atoms with van der Waals surface area (Å²) in [5, 5.41) is 48.7. The fourth-order valence-electron chi connectivity index (χ4n) is 12.1. The van der Waals surface area contributed by atoms with Gasteiger partial charge in [-0.2, -0.15) is 24.6 Å². The summed E-state index contributed by atoms with van der Waals surface area (Å²) in [4.78, 5) is 42.5. The van der Waals surface area contributed by atoms with E-state index in [1.54, 1.807) is 26.4 Å². The molecule has 0 radical (unpaired) electrons. The van der Waals surface area contributed by atoms with Crippen LogP contribution in [0.3, 0.4) is 0 Å². The summed E-state index contributed by atoms with van der Waals surface area (Å²) in [7, 11) is 1.61. The third-order valence-electron chi connectivity index (χ3n) is 16.7. The number of carbonyl (C=O) groups is 2. The Bertz CT molecular complexity index is 3680. The van der Waals surface area contributed by atoms with Gasteiger partial charge in [0.05, 0.1) is 47.7 Å². The van der Waals surface area contributed by atoms with E-state index in [4.69, 9.17) is 24.2 Å². The monoisotopic (exact) mass is 1120 g/mol. The van der Waals surface area contributed by atoms with Crippen molar-refractivity contribution in [2.24, 2.45) is 5.92 Å². The second-order valence-electron chi connectivity index (χ2n) is 22.5. The van der Waals surface area contributed by atoms with Crippen LogP contribution in [0.5, 0.6) is 11.8 Å². The number of benzene rings is 4. The number of likely N-dealkylation sites (tertiary alicyclic amines) is 1. The third-order valence-corrected chi connectivity index (χ3v) is 16.7. The fourth-order valence-corrected chi connectivity index (χ4v) is 12.1. The number of fused-ring (bicyclic) bond motifs is 4. The van der Waals surface area contributed by atoms with Crippen LogP contribution in [0.25, 0.3) is 55.4 Å². The average Bonchev–Trinajstić information content (AvgIpc) is 2.39. The van der Waals surface area contributed by atoms with Crippen molar-refractivity contribution >= 4 is 39.4 Å². The molecule has 4 aromatic heterocycles. The lowest BCUT2D eigenvalue weighted by Crippen LogP contribution is -2.50. The summed E-state index contributed by atoms with van der Waals surface area (Å²) < 4.78 is 54.3. The molecule has 1 aliphatic carbocycles. The Hall–Kier alpha value is -7.92. The fraction of sp³-hybridized carbons (Fsp3) is 0.433. The van der Waals surface area contributed by atoms with Crippen molar-refractivity contribution in [1.82, 2.24) is 60.5 Å². The van der Waals surface area contributed by atoms with E-state index in [1.165, 1.54) is 15.6 Å². The number of methoxy groups -OCH3 is 1. The van der Waals surface area contributed by atoms with Crippen LogP contribution in [-0.2, 0) is 27.5 Å². The molecule has 12 rings (SSSR count). The van der Waals surface area contributed by atoms with Crippen LogP contribution in [0.1, 0.15) is 93.6 Å². The minimum absolute atomic E-state index is 0.0235. The molecule has 0 unspecified atom stereocenters. The van der Waals surface area contributed by atoms with Crippen LogP contribution in [0.15, 0.2) is 79.1 Å². The second-order valence-corrected chi connectivity index (χ2v) is 22.5. The number of halogens is 2. The number of piperazine rings is 1. The van der Waals surface area contributed by atoms with Gasteiger partial charge in [-0.15, -0.1) is 5.10 Å². The molecule has 3 saturated heterocycles. The van der Waals surface area contributed by atoms with E-state index in [9.17, 15) is 19.8 Å². The molecule has 4 aromatic carbocycles. The smallest absolute Gasteiger partial charge is 0.319 e. The summed E-state index contributed by atoms with van der Waals surface area (Å²) >= 11 is 0. The van der Waals surface area contributed by atoms with Gasteiger partial charge in [0, 0.05) is 86.1 Å². The SMILES string of the molecule is CCn1nccc1-c1ccc([C@H](CO)NC(=O)[C@@H]2C[C@@H](O)CN2C(=O)[C@H](C(C)C)n2cc(-c3ccc(COc4c(-c5c(C)c(F)cc6n[nH]c(F)c56)c(C5CC5)cc5c(N6C[C@@H]7C[C@H]6CN7)nc(OC[C@H](C)OC)nc45)cc3)nn2)cc1. The van der Waals surface area contributed by atoms with E-state index in [1.807, 2.05) is 87.0 Å². The van der Waals surface area contributed by atoms with Crippen molar-refractivity contribution in [3.05, 3.63) is 113 Å². The van der Waals surface area contributed by atoms with Gasteiger partial charge in [0.2, 0.25) is 17.8 Å². The summed E-state index contributed by atoms with van der Waals surface area (Å²) in [6, 6.07) is 18.3. The Morgan fingerprint density at radius 2 is 1.73 bits per heavy atom. The number of anilines is 1. The molecule has 2 amide bonds. The molecule has 3 aliphatic heterocycles. The van der Waals surface area contributed by atoms with Crippen LogP contribution in [0, 0.1) is 24.6 Å². The average molecular weight is 1120 g/mol. The predicted octanol–water partition coefficient (Wildman–Crippen LogP) is 7.33.